The quantitative estimate of drug-likeness (QED) is 0.790. The zero-order chi connectivity index (χ0) is 14.5. The molecule has 1 amide bonds. The largest absolute Gasteiger partial charge is 0.478 e. The maximum atomic E-state index is 11.3. The lowest BCUT2D eigenvalue weighted by Crippen LogP contribution is -2.33. The van der Waals surface area contributed by atoms with Crippen LogP contribution < -0.4 is 5.32 Å². The minimum absolute atomic E-state index is 0.153. The number of hydrogen-bond donors (Lipinski definition) is 2. The molecule has 0 radical (unpaired) electrons. The summed E-state index contributed by atoms with van der Waals surface area (Å²) in [6.45, 7) is 6.36. The number of alkyl carbamates (subject to hydrolysis) is 1. The molecule has 0 fully saturated rings. The van der Waals surface area contributed by atoms with Crippen molar-refractivity contribution in [3.63, 3.8) is 0 Å². The van der Waals surface area contributed by atoms with E-state index in [1.165, 1.54) is 17.1 Å². The summed E-state index contributed by atoms with van der Waals surface area (Å²) < 4.78 is 6.60. The fourth-order valence-corrected chi connectivity index (χ4v) is 1.34. The van der Waals surface area contributed by atoms with E-state index in [9.17, 15) is 9.59 Å². The number of aromatic nitrogens is 2. The first kappa shape index (κ1) is 15.0. The topological polar surface area (TPSA) is 93.5 Å². The van der Waals surface area contributed by atoms with Crippen LogP contribution in [0.4, 0.5) is 4.79 Å². The first-order valence-corrected chi connectivity index (χ1v) is 6.00. The first-order valence-electron chi connectivity index (χ1n) is 6.00. The molecule has 0 saturated carbocycles. The monoisotopic (exact) mass is 269 g/mol. The molecule has 0 aliphatic rings. The number of amides is 1. The SMILES string of the molecule is CC(C)(C)OC(=O)NCCCn1cc(C(=O)O)cn1. The predicted molar refractivity (Wildman–Crippen MR) is 68.0 cm³/mol. The van der Waals surface area contributed by atoms with Gasteiger partial charge >= 0.3 is 12.1 Å². The maximum absolute atomic E-state index is 11.3. The molecule has 1 aromatic rings. The van der Waals surface area contributed by atoms with E-state index < -0.39 is 17.7 Å². The number of nitrogens with one attached hydrogen (secondary N) is 1. The van der Waals surface area contributed by atoms with E-state index in [1.807, 2.05) is 0 Å². The molecule has 0 saturated heterocycles. The third-order valence-corrected chi connectivity index (χ3v) is 2.11. The van der Waals surface area contributed by atoms with Crippen LogP contribution in [0.25, 0.3) is 0 Å². The van der Waals surface area contributed by atoms with Gasteiger partial charge < -0.3 is 15.2 Å². The lowest BCUT2D eigenvalue weighted by molar-refractivity contribution is 0.0526. The van der Waals surface area contributed by atoms with Gasteiger partial charge in [0, 0.05) is 19.3 Å². The number of aromatic carboxylic acids is 1. The molecule has 19 heavy (non-hydrogen) atoms. The molecule has 7 nitrogen and oxygen atoms in total. The maximum Gasteiger partial charge on any atom is 0.407 e. The third kappa shape index (κ3) is 5.89. The Morgan fingerprint density at radius 3 is 2.68 bits per heavy atom. The van der Waals surface area contributed by atoms with Crippen molar-refractivity contribution in [1.29, 1.82) is 0 Å². The van der Waals surface area contributed by atoms with Gasteiger partial charge in [-0.25, -0.2) is 9.59 Å². The van der Waals surface area contributed by atoms with Gasteiger partial charge in [0.2, 0.25) is 0 Å². The highest BCUT2D eigenvalue weighted by Gasteiger charge is 2.15. The van der Waals surface area contributed by atoms with E-state index in [2.05, 4.69) is 10.4 Å². The van der Waals surface area contributed by atoms with Gasteiger partial charge in [-0.1, -0.05) is 0 Å². The van der Waals surface area contributed by atoms with Gasteiger partial charge in [0.25, 0.3) is 0 Å². The fourth-order valence-electron chi connectivity index (χ4n) is 1.34. The van der Waals surface area contributed by atoms with Gasteiger partial charge in [0.05, 0.1) is 11.8 Å². The van der Waals surface area contributed by atoms with Crippen molar-refractivity contribution in [3.05, 3.63) is 18.0 Å². The average Bonchev–Trinajstić information content (AvgIpc) is 2.70. The lowest BCUT2D eigenvalue weighted by atomic mass is 10.2. The summed E-state index contributed by atoms with van der Waals surface area (Å²) in [5, 5.41) is 15.2. The Bertz CT molecular complexity index is 448. The molecule has 1 rings (SSSR count). The summed E-state index contributed by atoms with van der Waals surface area (Å²) >= 11 is 0. The molecular weight excluding hydrogens is 250 g/mol. The fraction of sp³-hybridized carbons (Fsp3) is 0.583. The Labute approximate surface area is 111 Å². The Morgan fingerprint density at radius 2 is 2.16 bits per heavy atom. The van der Waals surface area contributed by atoms with Gasteiger partial charge in [0.1, 0.15) is 5.60 Å². The minimum Gasteiger partial charge on any atom is -0.478 e. The molecule has 0 bridgehead atoms. The summed E-state index contributed by atoms with van der Waals surface area (Å²) in [6, 6.07) is 0. The molecule has 1 aromatic heterocycles. The highest BCUT2D eigenvalue weighted by molar-refractivity contribution is 5.86. The molecule has 0 aliphatic heterocycles. The number of carboxylic acid groups (broad SMARTS) is 1. The molecule has 0 unspecified atom stereocenters. The second-order valence-corrected chi connectivity index (χ2v) is 5.08. The second kappa shape index (κ2) is 6.21. The van der Waals surface area contributed by atoms with Crippen LogP contribution in [0.15, 0.2) is 12.4 Å². The van der Waals surface area contributed by atoms with Crippen molar-refractivity contribution in [3.8, 4) is 0 Å². The summed E-state index contributed by atoms with van der Waals surface area (Å²) in [5.74, 6) is -1.00. The Kier molecular flexibility index (Phi) is 4.91. The van der Waals surface area contributed by atoms with Crippen LogP contribution in [-0.2, 0) is 11.3 Å². The van der Waals surface area contributed by atoms with E-state index >= 15 is 0 Å². The molecule has 106 valence electrons. The van der Waals surface area contributed by atoms with Gasteiger partial charge in [-0.2, -0.15) is 5.10 Å². The van der Waals surface area contributed by atoms with Gasteiger partial charge in [-0.05, 0) is 27.2 Å². The van der Waals surface area contributed by atoms with Gasteiger partial charge in [-0.3, -0.25) is 4.68 Å². The molecule has 0 aliphatic carbocycles. The zero-order valence-corrected chi connectivity index (χ0v) is 11.3. The van der Waals surface area contributed by atoms with E-state index in [0.29, 0.717) is 19.5 Å². The van der Waals surface area contributed by atoms with E-state index in [1.54, 1.807) is 20.8 Å². The Hall–Kier alpha value is -2.05. The van der Waals surface area contributed by atoms with Crippen LogP contribution in [0.5, 0.6) is 0 Å². The average molecular weight is 269 g/mol. The number of carboxylic acids is 1. The van der Waals surface area contributed by atoms with E-state index in [4.69, 9.17) is 9.84 Å². The van der Waals surface area contributed by atoms with Crippen molar-refractivity contribution >= 4 is 12.1 Å². The number of carbonyl (C=O) groups is 2. The number of nitrogens with zero attached hydrogens (tertiary/aromatic N) is 2. The minimum atomic E-state index is -1.00. The molecule has 7 heteroatoms. The second-order valence-electron chi connectivity index (χ2n) is 5.08. The van der Waals surface area contributed by atoms with Gasteiger partial charge in [0.15, 0.2) is 0 Å². The number of hydrogen-bond acceptors (Lipinski definition) is 4. The molecule has 0 aromatic carbocycles. The zero-order valence-electron chi connectivity index (χ0n) is 11.3. The van der Waals surface area contributed by atoms with Crippen LogP contribution in [0.1, 0.15) is 37.6 Å². The normalized spacial score (nSPS) is 11.1. The predicted octanol–water partition coefficient (Wildman–Crippen LogP) is 1.50. The van der Waals surface area contributed by atoms with Crippen molar-refractivity contribution in [2.24, 2.45) is 0 Å². The van der Waals surface area contributed by atoms with Crippen molar-refractivity contribution < 1.29 is 19.4 Å². The van der Waals surface area contributed by atoms with E-state index in [-0.39, 0.29) is 5.56 Å². The Balaban J connectivity index is 2.23. The summed E-state index contributed by atoms with van der Waals surface area (Å²) in [4.78, 5) is 22.0. The van der Waals surface area contributed by atoms with Gasteiger partial charge in [-0.15, -0.1) is 0 Å². The summed E-state index contributed by atoms with van der Waals surface area (Å²) in [5.41, 5.74) is -0.359. The number of aryl methyl sites for hydroxylation is 1. The van der Waals surface area contributed by atoms with Crippen LogP contribution in [0.3, 0.4) is 0 Å². The summed E-state index contributed by atoms with van der Waals surface area (Å²) in [7, 11) is 0. The number of carbonyl (C=O) groups excluding carboxylic acids is 1. The first-order chi connectivity index (χ1) is 8.78. The van der Waals surface area contributed by atoms with Crippen LogP contribution in [0.2, 0.25) is 0 Å². The van der Waals surface area contributed by atoms with Crippen LogP contribution in [0, 0.1) is 0 Å². The smallest absolute Gasteiger partial charge is 0.407 e. The van der Waals surface area contributed by atoms with Crippen LogP contribution >= 0.6 is 0 Å². The standard InChI is InChI=1S/C12H19N3O4/c1-12(2,3)19-11(18)13-5-4-6-15-8-9(7-14-15)10(16)17/h7-8H,4-6H2,1-3H3,(H,13,18)(H,16,17). The lowest BCUT2D eigenvalue weighted by Gasteiger charge is -2.19. The van der Waals surface area contributed by atoms with Crippen LogP contribution in [-0.4, -0.2) is 39.1 Å². The number of rotatable bonds is 5. The molecule has 0 atom stereocenters. The molecule has 2 N–H and O–H groups in total. The van der Waals surface area contributed by atoms with Crippen molar-refractivity contribution in [2.75, 3.05) is 6.54 Å². The Morgan fingerprint density at radius 1 is 1.47 bits per heavy atom. The van der Waals surface area contributed by atoms with Crippen molar-refractivity contribution in [2.45, 2.75) is 39.3 Å². The third-order valence-electron chi connectivity index (χ3n) is 2.11. The van der Waals surface area contributed by atoms with Crippen molar-refractivity contribution in [1.82, 2.24) is 15.1 Å². The highest BCUT2D eigenvalue weighted by Crippen LogP contribution is 2.06. The molecule has 0 spiro atoms. The molecule has 1 heterocycles. The highest BCUT2D eigenvalue weighted by atomic mass is 16.6. The number of ether oxygens (including phenoxy) is 1. The summed E-state index contributed by atoms with van der Waals surface area (Å²) in [6.07, 6.45) is 2.93. The molecular formula is C12H19N3O4. The van der Waals surface area contributed by atoms with E-state index in [0.717, 1.165) is 0 Å².